The number of rotatable bonds is 3. The van der Waals surface area contributed by atoms with Crippen molar-refractivity contribution in [3.05, 3.63) is 35.0 Å². The molecule has 1 heterocycles. The number of hydrogen-bond acceptors (Lipinski definition) is 1. The van der Waals surface area contributed by atoms with E-state index >= 15 is 0 Å². The molecule has 3 rings (SSSR count). The molecule has 1 fully saturated rings. The van der Waals surface area contributed by atoms with Crippen molar-refractivity contribution in [2.75, 3.05) is 0 Å². The van der Waals surface area contributed by atoms with Crippen LogP contribution in [0.5, 0.6) is 0 Å². The zero-order chi connectivity index (χ0) is 11.2. The molecular weight excluding hydrogens is 222 g/mol. The molecule has 0 amide bonds. The highest BCUT2D eigenvalue weighted by molar-refractivity contribution is 6.31. The third kappa shape index (κ3) is 1.95. The fourth-order valence-electron chi connectivity index (χ4n) is 2.06. The standard InChI is InChI=1S/C13H14ClNO/c14-10-1-2-12-9(7-10)8-11(15-12)3-4-13(16)5-6-13/h1-2,7-8,15-16H,3-6H2. The molecule has 0 unspecified atom stereocenters. The number of halogens is 1. The molecule has 1 aliphatic carbocycles. The lowest BCUT2D eigenvalue weighted by atomic mass is 10.1. The van der Waals surface area contributed by atoms with Crippen molar-refractivity contribution < 1.29 is 5.11 Å². The lowest BCUT2D eigenvalue weighted by Crippen LogP contribution is -2.07. The van der Waals surface area contributed by atoms with Gasteiger partial charge in [0.05, 0.1) is 5.60 Å². The molecule has 0 radical (unpaired) electrons. The van der Waals surface area contributed by atoms with Gasteiger partial charge in [-0.1, -0.05) is 11.6 Å². The molecule has 0 aliphatic heterocycles. The summed E-state index contributed by atoms with van der Waals surface area (Å²) in [6, 6.07) is 7.96. The van der Waals surface area contributed by atoms with Crippen LogP contribution in [0.15, 0.2) is 24.3 Å². The maximum absolute atomic E-state index is 9.77. The minimum Gasteiger partial charge on any atom is -0.390 e. The molecule has 2 nitrogen and oxygen atoms in total. The summed E-state index contributed by atoms with van der Waals surface area (Å²) < 4.78 is 0. The second-order valence-corrected chi connectivity index (χ2v) is 5.19. The van der Waals surface area contributed by atoms with Gasteiger partial charge in [0.1, 0.15) is 0 Å². The Balaban J connectivity index is 1.82. The van der Waals surface area contributed by atoms with Crippen molar-refractivity contribution >= 4 is 22.5 Å². The van der Waals surface area contributed by atoms with Crippen LogP contribution in [-0.2, 0) is 6.42 Å². The van der Waals surface area contributed by atoms with Crippen molar-refractivity contribution in [1.29, 1.82) is 0 Å². The Bertz CT molecular complexity index is 528. The highest BCUT2D eigenvalue weighted by atomic mass is 35.5. The summed E-state index contributed by atoms with van der Waals surface area (Å²) >= 11 is 5.93. The van der Waals surface area contributed by atoms with Crippen LogP contribution < -0.4 is 0 Å². The molecule has 3 heteroatoms. The van der Waals surface area contributed by atoms with Crippen LogP contribution >= 0.6 is 11.6 Å². The lowest BCUT2D eigenvalue weighted by molar-refractivity contribution is 0.140. The Morgan fingerprint density at radius 1 is 1.31 bits per heavy atom. The number of aryl methyl sites for hydroxylation is 1. The van der Waals surface area contributed by atoms with Crippen LogP contribution in [-0.4, -0.2) is 15.7 Å². The predicted molar refractivity (Wildman–Crippen MR) is 65.8 cm³/mol. The molecule has 84 valence electrons. The number of hydrogen-bond donors (Lipinski definition) is 2. The number of fused-ring (bicyclic) bond motifs is 1. The van der Waals surface area contributed by atoms with Gasteiger partial charge in [0, 0.05) is 21.6 Å². The first kappa shape index (κ1) is 10.2. The lowest BCUT2D eigenvalue weighted by Gasteiger charge is -2.04. The smallest absolute Gasteiger partial charge is 0.0653 e. The summed E-state index contributed by atoms with van der Waals surface area (Å²) in [5.41, 5.74) is 1.93. The summed E-state index contributed by atoms with van der Waals surface area (Å²) in [6.07, 6.45) is 3.68. The van der Waals surface area contributed by atoms with Gasteiger partial charge in [-0.2, -0.15) is 0 Å². The van der Waals surface area contributed by atoms with Crippen LogP contribution in [0, 0.1) is 0 Å². The van der Waals surface area contributed by atoms with Gasteiger partial charge in [0.15, 0.2) is 0 Å². The predicted octanol–water partition coefficient (Wildman–Crippen LogP) is 3.28. The summed E-state index contributed by atoms with van der Waals surface area (Å²) in [7, 11) is 0. The first-order valence-corrected chi connectivity index (χ1v) is 6.02. The van der Waals surface area contributed by atoms with Crippen molar-refractivity contribution in [2.45, 2.75) is 31.3 Å². The van der Waals surface area contributed by atoms with Gasteiger partial charge in [-0.3, -0.25) is 0 Å². The van der Waals surface area contributed by atoms with E-state index in [0.29, 0.717) is 0 Å². The molecule has 0 bridgehead atoms. The molecule has 16 heavy (non-hydrogen) atoms. The third-order valence-corrected chi connectivity index (χ3v) is 3.56. The van der Waals surface area contributed by atoms with E-state index in [4.69, 9.17) is 11.6 Å². The summed E-state index contributed by atoms with van der Waals surface area (Å²) in [6.45, 7) is 0. The number of benzene rings is 1. The van der Waals surface area contributed by atoms with Gasteiger partial charge in [-0.15, -0.1) is 0 Å². The van der Waals surface area contributed by atoms with Crippen molar-refractivity contribution in [1.82, 2.24) is 4.98 Å². The molecule has 0 atom stereocenters. The number of aromatic amines is 1. The van der Waals surface area contributed by atoms with Gasteiger partial charge in [-0.05, 0) is 49.9 Å². The van der Waals surface area contributed by atoms with Crippen LogP contribution in [0.2, 0.25) is 5.02 Å². The molecule has 1 aliphatic rings. The normalized spacial score (nSPS) is 17.9. The molecule has 1 saturated carbocycles. The quantitative estimate of drug-likeness (QED) is 0.842. The van der Waals surface area contributed by atoms with E-state index in [-0.39, 0.29) is 5.60 Å². The topological polar surface area (TPSA) is 36.0 Å². The van der Waals surface area contributed by atoms with Crippen LogP contribution in [0.3, 0.4) is 0 Å². The molecule has 2 aromatic rings. The molecular formula is C13H14ClNO. The molecule has 2 N–H and O–H groups in total. The summed E-state index contributed by atoms with van der Waals surface area (Å²) in [4.78, 5) is 3.35. The maximum atomic E-state index is 9.77. The van der Waals surface area contributed by atoms with Crippen LogP contribution in [0.1, 0.15) is 25.0 Å². The second kappa shape index (κ2) is 3.51. The zero-order valence-electron chi connectivity index (χ0n) is 8.96. The van der Waals surface area contributed by atoms with E-state index in [2.05, 4.69) is 11.1 Å². The molecule has 0 spiro atoms. The van der Waals surface area contributed by atoms with Crippen molar-refractivity contribution in [3.63, 3.8) is 0 Å². The molecule has 0 saturated heterocycles. The van der Waals surface area contributed by atoms with E-state index in [1.807, 2.05) is 18.2 Å². The Labute approximate surface area is 99.2 Å². The van der Waals surface area contributed by atoms with E-state index in [9.17, 15) is 5.11 Å². The monoisotopic (exact) mass is 235 g/mol. The van der Waals surface area contributed by atoms with E-state index in [0.717, 1.165) is 41.6 Å². The second-order valence-electron chi connectivity index (χ2n) is 4.75. The number of H-pyrrole nitrogens is 1. The highest BCUT2D eigenvalue weighted by Gasteiger charge is 2.39. The summed E-state index contributed by atoms with van der Waals surface area (Å²) in [5, 5.41) is 11.7. The zero-order valence-corrected chi connectivity index (χ0v) is 9.72. The SMILES string of the molecule is OC1(CCc2cc3cc(Cl)ccc3[nH]2)CC1. The third-order valence-electron chi connectivity index (χ3n) is 3.33. The first-order valence-electron chi connectivity index (χ1n) is 5.64. The van der Waals surface area contributed by atoms with Gasteiger partial charge in [-0.25, -0.2) is 0 Å². The molecule has 1 aromatic heterocycles. The van der Waals surface area contributed by atoms with E-state index in [1.165, 1.54) is 5.69 Å². The van der Waals surface area contributed by atoms with Crippen LogP contribution in [0.25, 0.3) is 10.9 Å². The van der Waals surface area contributed by atoms with Gasteiger partial charge in [0.2, 0.25) is 0 Å². The Morgan fingerprint density at radius 3 is 2.88 bits per heavy atom. The van der Waals surface area contributed by atoms with Gasteiger partial charge < -0.3 is 10.1 Å². The van der Waals surface area contributed by atoms with Gasteiger partial charge >= 0.3 is 0 Å². The largest absolute Gasteiger partial charge is 0.390 e. The highest BCUT2D eigenvalue weighted by Crippen LogP contribution is 2.39. The minimum absolute atomic E-state index is 0.366. The van der Waals surface area contributed by atoms with E-state index in [1.54, 1.807) is 0 Å². The van der Waals surface area contributed by atoms with E-state index < -0.39 is 0 Å². The minimum atomic E-state index is -0.366. The fraction of sp³-hybridized carbons (Fsp3) is 0.385. The van der Waals surface area contributed by atoms with Crippen molar-refractivity contribution in [3.8, 4) is 0 Å². The van der Waals surface area contributed by atoms with Crippen LogP contribution in [0.4, 0.5) is 0 Å². The number of nitrogens with one attached hydrogen (secondary N) is 1. The Morgan fingerprint density at radius 2 is 2.12 bits per heavy atom. The number of aliphatic hydroxyl groups is 1. The van der Waals surface area contributed by atoms with Gasteiger partial charge in [0.25, 0.3) is 0 Å². The summed E-state index contributed by atoms with van der Waals surface area (Å²) in [5.74, 6) is 0. The average Bonchev–Trinajstić information content (AvgIpc) is 2.85. The fourth-order valence-corrected chi connectivity index (χ4v) is 2.24. The Kier molecular flexibility index (Phi) is 2.23. The Hall–Kier alpha value is -0.990. The first-order chi connectivity index (χ1) is 7.65. The maximum Gasteiger partial charge on any atom is 0.0653 e. The molecule has 1 aromatic carbocycles. The van der Waals surface area contributed by atoms with Crippen molar-refractivity contribution in [2.24, 2.45) is 0 Å². The average molecular weight is 236 g/mol. The number of aromatic nitrogens is 1.